The Morgan fingerprint density at radius 1 is 1.33 bits per heavy atom. The Balaban J connectivity index is 2.77. The van der Waals surface area contributed by atoms with Gasteiger partial charge in [0.05, 0.1) is 23.6 Å². The highest BCUT2D eigenvalue weighted by Gasteiger charge is 2.33. The van der Waals surface area contributed by atoms with E-state index in [1.165, 1.54) is 7.11 Å². The average molecular weight is 268 g/mol. The molecule has 2 aromatic rings. The molecule has 18 heavy (non-hydrogen) atoms. The Labute approximate surface area is 106 Å². The second kappa shape index (κ2) is 3.98. The SMILES string of the molecule is COc1cn2nccc2cc1S(=O)(=O)C(C)(C)C. The van der Waals surface area contributed by atoms with E-state index in [0.29, 0.717) is 5.75 Å². The predicted octanol–water partition coefficient (Wildman–Crippen LogP) is 1.92. The monoisotopic (exact) mass is 268 g/mol. The van der Waals surface area contributed by atoms with Crippen LogP contribution >= 0.6 is 0 Å². The number of ether oxygens (including phenoxy) is 1. The molecule has 2 aromatic heterocycles. The standard InChI is InChI=1S/C12H16N2O3S/c1-12(2,3)18(15,16)11-7-9-5-6-13-14(9)8-10(11)17-4/h5-8H,1-4H3. The lowest BCUT2D eigenvalue weighted by Gasteiger charge is -2.21. The van der Waals surface area contributed by atoms with E-state index in [-0.39, 0.29) is 4.90 Å². The second-order valence-corrected chi connectivity index (χ2v) is 7.69. The van der Waals surface area contributed by atoms with Gasteiger partial charge in [0.15, 0.2) is 15.6 Å². The molecule has 0 aromatic carbocycles. The smallest absolute Gasteiger partial charge is 0.187 e. The summed E-state index contributed by atoms with van der Waals surface area (Å²) in [5.41, 5.74) is 0.721. The molecule has 0 fully saturated rings. The fraction of sp³-hybridized carbons (Fsp3) is 0.417. The maximum Gasteiger partial charge on any atom is 0.187 e. The van der Waals surface area contributed by atoms with Crippen LogP contribution in [0.15, 0.2) is 29.4 Å². The fourth-order valence-electron chi connectivity index (χ4n) is 1.62. The summed E-state index contributed by atoms with van der Waals surface area (Å²) < 4.78 is 30.9. The number of methoxy groups -OCH3 is 1. The third-order valence-corrected chi connectivity index (χ3v) is 5.29. The molecule has 2 heterocycles. The summed E-state index contributed by atoms with van der Waals surface area (Å²) in [4.78, 5) is 0.200. The van der Waals surface area contributed by atoms with Gasteiger partial charge in [-0.3, -0.25) is 0 Å². The van der Waals surface area contributed by atoms with Crippen LogP contribution in [0.3, 0.4) is 0 Å². The van der Waals surface area contributed by atoms with Gasteiger partial charge in [0.2, 0.25) is 0 Å². The molecule has 0 bridgehead atoms. The summed E-state index contributed by atoms with van der Waals surface area (Å²) in [6.45, 7) is 5.01. The molecule has 0 saturated heterocycles. The van der Waals surface area contributed by atoms with E-state index < -0.39 is 14.6 Å². The van der Waals surface area contributed by atoms with Crippen molar-refractivity contribution >= 4 is 15.4 Å². The Hall–Kier alpha value is -1.56. The Bertz CT molecular complexity index is 681. The van der Waals surface area contributed by atoms with Crippen molar-refractivity contribution in [2.75, 3.05) is 7.11 Å². The molecule has 6 heteroatoms. The Kier molecular flexibility index (Phi) is 2.85. The van der Waals surface area contributed by atoms with Crippen molar-refractivity contribution in [3.63, 3.8) is 0 Å². The van der Waals surface area contributed by atoms with Crippen LogP contribution in [0.25, 0.3) is 5.52 Å². The zero-order chi connectivity index (χ0) is 13.6. The highest BCUT2D eigenvalue weighted by Crippen LogP contribution is 2.32. The number of nitrogens with zero attached hydrogens (tertiary/aromatic N) is 2. The summed E-state index contributed by atoms with van der Waals surface area (Å²) in [7, 11) is -2.00. The van der Waals surface area contributed by atoms with E-state index in [2.05, 4.69) is 5.10 Å². The van der Waals surface area contributed by atoms with Crippen molar-refractivity contribution < 1.29 is 13.2 Å². The summed E-state index contributed by atoms with van der Waals surface area (Å²) >= 11 is 0. The van der Waals surface area contributed by atoms with Gasteiger partial charge in [0, 0.05) is 6.20 Å². The van der Waals surface area contributed by atoms with Gasteiger partial charge >= 0.3 is 0 Å². The number of pyridine rings is 1. The summed E-state index contributed by atoms with van der Waals surface area (Å²) in [5, 5.41) is 4.05. The first-order valence-corrected chi connectivity index (χ1v) is 7.02. The third kappa shape index (κ3) is 1.86. The number of hydrogen-bond acceptors (Lipinski definition) is 4. The molecular weight excluding hydrogens is 252 g/mol. The zero-order valence-corrected chi connectivity index (χ0v) is 11.7. The van der Waals surface area contributed by atoms with Crippen molar-refractivity contribution in [2.45, 2.75) is 30.4 Å². The third-order valence-electron chi connectivity index (χ3n) is 2.78. The van der Waals surface area contributed by atoms with Crippen LogP contribution in [0.1, 0.15) is 20.8 Å². The molecule has 0 radical (unpaired) electrons. The Morgan fingerprint density at radius 2 is 2.00 bits per heavy atom. The molecule has 0 aliphatic heterocycles. The van der Waals surface area contributed by atoms with Crippen molar-refractivity contribution in [1.82, 2.24) is 9.61 Å². The predicted molar refractivity (Wildman–Crippen MR) is 68.7 cm³/mol. The van der Waals surface area contributed by atoms with Crippen LogP contribution in [0.2, 0.25) is 0 Å². The van der Waals surface area contributed by atoms with Crippen molar-refractivity contribution in [1.29, 1.82) is 0 Å². The fourth-order valence-corrected chi connectivity index (χ4v) is 2.96. The van der Waals surface area contributed by atoms with Gasteiger partial charge in [-0.2, -0.15) is 5.10 Å². The van der Waals surface area contributed by atoms with E-state index >= 15 is 0 Å². The number of sulfone groups is 1. The lowest BCUT2D eigenvalue weighted by Crippen LogP contribution is -2.28. The van der Waals surface area contributed by atoms with Gasteiger partial charge in [-0.05, 0) is 32.9 Å². The number of hydrogen-bond donors (Lipinski definition) is 0. The molecule has 0 saturated carbocycles. The maximum atomic E-state index is 12.5. The number of fused-ring (bicyclic) bond motifs is 1. The van der Waals surface area contributed by atoms with Gasteiger partial charge in [-0.25, -0.2) is 12.9 Å². The van der Waals surface area contributed by atoms with E-state index in [1.54, 1.807) is 49.8 Å². The Morgan fingerprint density at radius 3 is 2.56 bits per heavy atom. The van der Waals surface area contributed by atoms with Crippen LogP contribution < -0.4 is 4.74 Å². The van der Waals surface area contributed by atoms with Crippen LogP contribution in [0.4, 0.5) is 0 Å². The molecule has 0 N–H and O–H groups in total. The summed E-state index contributed by atoms with van der Waals surface area (Å²) in [6.07, 6.45) is 3.19. The highest BCUT2D eigenvalue weighted by molar-refractivity contribution is 7.92. The summed E-state index contributed by atoms with van der Waals surface area (Å²) in [5.74, 6) is 0.307. The molecule has 2 rings (SSSR count). The second-order valence-electron chi connectivity index (χ2n) is 5.02. The van der Waals surface area contributed by atoms with Crippen LogP contribution in [-0.2, 0) is 9.84 Å². The first-order chi connectivity index (χ1) is 8.27. The minimum atomic E-state index is -3.45. The van der Waals surface area contributed by atoms with Crippen LogP contribution in [0.5, 0.6) is 5.75 Å². The lowest BCUT2D eigenvalue weighted by atomic mass is 10.3. The van der Waals surface area contributed by atoms with Gasteiger partial charge in [0.25, 0.3) is 0 Å². The van der Waals surface area contributed by atoms with Gasteiger partial charge in [-0.15, -0.1) is 0 Å². The molecule has 0 spiro atoms. The van der Waals surface area contributed by atoms with Crippen molar-refractivity contribution in [3.8, 4) is 5.75 Å². The molecule has 0 amide bonds. The van der Waals surface area contributed by atoms with Gasteiger partial charge in [-0.1, -0.05) is 0 Å². The molecule has 5 nitrogen and oxygen atoms in total. The number of rotatable bonds is 2. The first kappa shape index (κ1) is 12.9. The van der Waals surface area contributed by atoms with Gasteiger partial charge in [0.1, 0.15) is 4.90 Å². The molecule has 0 atom stereocenters. The quantitative estimate of drug-likeness (QED) is 0.834. The summed E-state index contributed by atoms with van der Waals surface area (Å²) in [6, 6.07) is 3.34. The largest absolute Gasteiger partial charge is 0.494 e. The lowest BCUT2D eigenvalue weighted by molar-refractivity contribution is 0.398. The normalized spacial score (nSPS) is 12.9. The van der Waals surface area contributed by atoms with E-state index in [0.717, 1.165) is 5.52 Å². The first-order valence-electron chi connectivity index (χ1n) is 5.53. The van der Waals surface area contributed by atoms with E-state index in [9.17, 15) is 8.42 Å². The maximum absolute atomic E-state index is 12.5. The molecule has 0 aliphatic rings. The average Bonchev–Trinajstić information content (AvgIpc) is 2.72. The molecule has 0 unspecified atom stereocenters. The zero-order valence-electron chi connectivity index (χ0n) is 10.8. The van der Waals surface area contributed by atoms with E-state index in [4.69, 9.17) is 4.74 Å². The highest BCUT2D eigenvalue weighted by atomic mass is 32.2. The molecule has 0 aliphatic carbocycles. The molecular formula is C12H16N2O3S. The topological polar surface area (TPSA) is 60.7 Å². The van der Waals surface area contributed by atoms with E-state index in [1.807, 2.05) is 0 Å². The van der Waals surface area contributed by atoms with Crippen LogP contribution in [-0.4, -0.2) is 29.9 Å². The molecule has 98 valence electrons. The minimum Gasteiger partial charge on any atom is -0.494 e. The van der Waals surface area contributed by atoms with Gasteiger partial charge < -0.3 is 4.74 Å². The van der Waals surface area contributed by atoms with Crippen LogP contribution in [0, 0.1) is 0 Å². The number of aromatic nitrogens is 2. The van der Waals surface area contributed by atoms with Crippen molar-refractivity contribution in [3.05, 3.63) is 24.5 Å². The minimum absolute atomic E-state index is 0.200. The van der Waals surface area contributed by atoms with Crippen molar-refractivity contribution in [2.24, 2.45) is 0 Å².